The molecule has 2 nitrogen and oxygen atoms in total. The average Bonchev–Trinajstić information content (AvgIpc) is 2.45. The summed E-state index contributed by atoms with van der Waals surface area (Å²) in [5, 5.41) is 3.31. The number of nitrogens with one attached hydrogen (secondary N) is 1. The molecule has 21 heavy (non-hydrogen) atoms. The van der Waals surface area contributed by atoms with E-state index in [9.17, 15) is 13.2 Å². The highest BCUT2D eigenvalue weighted by Gasteiger charge is 2.36. The molecule has 0 amide bonds. The van der Waals surface area contributed by atoms with Gasteiger partial charge < -0.3 is 5.32 Å². The molecular formula is C15H18ClF3N2. The summed E-state index contributed by atoms with van der Waals surface area (Å²) in [7, 11) is 0. The monoisotopic (exact) mass is 318 g/mol. The second kappa shape index (κ2) is 6.81. The molecule has 1 N–H and O–H groups in total. The molecule has 0 bridgehead atoms. The van der Waals surface area contributed by atoms with E-state index in [-0.39, 0.29) is 16.6 Å². The fraction of sp³-hybridized carbons (Fsp3) is 0.467. The van der Waals surface area contributed by atoms with Gasteiger partial charge in [0, 0.05) is 37.2 Å². The Labute approximate surface area is 127 Å². The molecular weight excluding hydrogens is 301 g/mol. The summed E-state index contributed by atoms with van der Waals surface area (Å²) in [5.74, 6) is 0. The highest BCUT2D eigenvalue weighted by molar-refractivity contribution is 6.30. The van der Waals surface area contributed by atoms with Gasteiger partial charge in [0.15, 0.2) is 0 Å². The second-order valence-corrected chi connectivity index (χ2v) is 5.49. The summed E-state index contributed by atoms with van der Waals surface area (Å²) < 4.78 is 39.8. The third-order valence-corrected chi connectivity index (χ3v) is 3.90. The quantitative estimate of drug-likeness (QED) is 0.848. The first-order chi connectivity index (χ1) is 9.93. The fourth-order valence-corrected chi connectivity index (χ4v) is 2.86. The second-order valence-electron chi connectivity index (χ2n) is 5.06. The first-order valence-electron chi connectivity index (χ1n) is 6.86. The van der Waals surface area contributed by atoms with Crippen molar-refractivity contribution in [2.24, 2.45) is 0 Å². The van der Waals surface area contributed by atoms with E-state index in [1.807, 2.05) is 0 Å². The van der Waals surface area contributed by atoms with Crippen molar-refractivity contribution in [3.05, 3.63) is 47.0 Å². The zero-order chi connectivity index (χ0) is 15.5. The third kappa shape index (κ3) is 3.99. The van der Waals surface area contributed by atoms with Crippen molar-refractivity contribution >= 4 is 11.6 Å². The largest absolute Gasteiger partial charge is 0.416 e. The van der Waals surface area contributed by atoms with E-state index < -0.39 is 11.7 Å². The molecule has 1 fully saturated rings. The molecule has 1 aromatic carbocycles. The van der Waals surface area contributed by atoms with Crippen molar-refractivity contribution in [1.29, 1.82) is 0 Å². The molecule has 2 rings (SSSR count). The highest BCUT2D eigenvalue weighted by Crippen LogP contribution is 2.39. The predicted molar refractivity (Wildman–Crippen MR) is 78.5 cm³/mol. The van der Waals surface area contributed by atoms with Crippen LogP contribution in [-0.4, -0.2) is 31.1 Å². The lowest BCUT2D eigenvalue weighted by molar-refractivity contribution is -0.138. The molecule has 0 spiro atoms. The molecule has 1 aliphatic rings. The number of rotatable bonds is 4. The van der Waals surface area contributed by atoms with Crippen molar-refractivity contribution in [1.82, 2.24) is 10.2 Å². The van der Waals surface area contributed by atoms with Crippen molar-refractivity contribution < 1.29 is 13.2 Å². The average molecular weight is 319 g/mol. The highest BCUT2D eigenvalue weighted by atomic mass is 35.5. The van der Waals surface area contributed by atoms with Gasteiger partial charge in [0.25, 0.3) is 0 Å². The number of halogens is 4. The van der Waals surface area contributed by atoms with E-state index in [0.29, 0.717) is 6.42 Å². The van der Waals surface area contributed by atoms with E-state index in [2.05, 4.69) is 16.8 Å². The SMILES string of the molecule is C=CC[C@H](c1ccc(Cl)cc1C(F)(F)F)N1CCNCC1. The minimum Gasteiger partial charge on any atom is -0.314 e. The minimum atomic E-state index is -4.41. The van der Waals surface area contributed by atoms with Gasteiger partial charge in [-0.15, -0.1) is 6.58 Å². The van der Waals surface area contributed by atoms with E-state index in [0.717, 1.165) is 32.2 Å². The maximum atomic E-state index is 13.3. The van der Waals surface area contributed by atoms with E-state index in [1.165, 1.54) is 12.1 Å². The van der Waals surface area contributed by atoms with Crippen LogP contribution in [0, 0.1) is 0 Å². The van der Waals surface area contributed by atoms with Crippen LogP contribution in [0.2, 0.25) is 5.02 Å². The molecule has 1 saturated heterocycles. The van der Waals surface area contributed by atoms with E-state index in [4.69, 9.17) is 11.6 Å². The summed E-state index contributed by atoms with van der Waals surface area (Å²) in [4.78, 5) is 2.07. The molecule has 0 unspecified atom stereocenters. The van der Waals surface area contributed by atoms with E-state index in [1.54, 1.807) is 6.08 Å². The number of nitrogens with zero attached hydrogens (tertiary/aromatic N) is 1. The molecule has 0 aromatic heterocycles. The normalized spacial score (nSPS) is 18.5. The van der Waals surface area contributed by atoms with Gasteiger partial charge in [-0.1, -0.05) is 23.7 Å². The lowest BCUT2D eigenvalue weighted by Gasteiger charge is -2.36. The van der Waals surface area contributed by atoms with E-state index >= 15 is 0 Å². The van der Waals surface area contributed by atoms with Crippen LogP contribution in [0.15, 0.2) is 30.9 Å². The van der Waals surface area contributed by atoms with Crippen molar-refractivity contribution in [2.75, 3.05) is 26.2 Å². The fourth-order valence-electron chi connectivity index (χ4n) is 2.69. The van der Waals surface area contributed by atoms with Crippen molar-refractivity contribution in [3.8, 4) is 0 Å². The van der Waals surface area contributed by atoms with Gasteiger partial charge >= 0.3 is 6.18 Å². The lowest BCUT2D eigenvalue weighted by Crippen LogP contribution is -2.45. The first-order valence-corrected chi connectivity index (χ1v) is 7.23. The Morgan fingerprint density at radius 2 is 2.00 bits per heavy atom. The molecule has 0 aliphatic carbocycles. The van der Waals surface area contributed by atoms with Gasteiger partial charge in [-0.2, -0.15) is 13.2 Å². The van der Waals surface area contributed by atoms with Gasteiger partial charge in [0.05, 0.1) is 5.56 Å². The van der Waals surface area contributed by atoms with Gasteiger partial charge in [-0.3, -0.25) is 4.90 Å². The van der Waals surface area contributed by atoms with Crippen LogP contribution in [0.4, 0.5) is 13.2 Å². The van der Waals surface area contributed by atoms with Crippen LogP contribution in [0.1, 0.15) is 23.6 Å². The molecule has 1 atom stereocenters. The summed E-state index contributed by atoms with van der Waals surface area (Å²) in [5.41, 5.74) is -0.380. The van der Waals surface area contributed by atoms with Gasteiger partial charge in [-0.25, -0.2) is 0 Å². The number of alkyl halides is 3. The molecule has 116 valence electrons. The van der Waals surface area contributed by atoms with Crippen LogP contribution >= 0.6 is 11.6 Å². The van der Waals surface area contributed by atoms with Gasteiger partial charge in [-0.05, 0) is 24.1 Å². The number of benzene rings is 1. The Morgan fingerprint density at radius 3 is 2.57 bits per heavy atom. The van der Waals surface area contributed by atoms with Gasteiger partial charge in [0.1, 0.15) is 0 Å². The van der Waals surface area contributed by atoms with Crippen molar-refractivity contribution in [2.45, 2.75) is 18.6 Å². The summed E-state index contributed by atoms with van der Waals surface area (Å²) in [6.45, 7) is 6.68. The zero-order valence-electron chi connectivity index (χ0n) is 11.6. The van der Waals surface area contributed by atoms with Crippen LogP contribution in [0.5, 0.6) is 0 Å². The lowest BCUT2D eigenvalue weighted by atomic mass is 9.95. The van der Waals surface area contributed by atoms with Crippen LogP contribution < -0.4 is 5.32 Å². The Hall–Kier alpha value is -1.04. The maximum Gasteiger partial charge on any atom is 0.416 e. The number of hydrogen-bond acceptors (Lipinski definition) is 2. The summed E-state index contributed by atoms with van der Waals surface area (Å²) in [6.07, 6.45) is -2.26. The summed E-state index contributed by atoms with van der Waals surface area (Å²) in [6, 6.07) is 3.69. The molecule has 0 saturated carbocycles. The van der Waals surface area contributed by atoms with Crippen molar-refractivity contribution in [3.63, 3.8) is 0 Å². The maximum absolute atomic E-state index is 13.3. The summed E-state index contributed by atoms with van der Waals surface area (Å²) >= 11 is 5.75. The molecule has 0 radical (unpaired) electrons. The van der Waals surface area contributed by atoms with Crippen LogP contribution in [0.25, 0.3) is 0 Å². The number of piperazine rings is 1. The smallest absolute Gasteiger partial charge is 0.314 e. The molecule has 6 heteroatoms. The molecule has 1 heterocycles. The first kappa shape index (κ1) is 16.3. The Bertz CT molecular complexity index is 496. The molecule has 1 aliphatic heterocycles. The Kier molecular flexibility index (Phi) is 5.30. The molecule has 1 aromatic rings. The number of hydrogen-bond donors (Lipinski definition) is 1. The Balaban J connectivity index is 2.41. The topological polar surface area (TPSA) is 15.3 Å². The van der Waals surface area contributed by atoms with Crippen LogP contribution in [-0.2, 0) is 6.18 Å². The van der Waals surface area contributed by atoms with Gasteiger partial charge in [0.2, 0.25) is 0 Å². The third-order valence-electron chi connectivity index (χ3n) is 3.66. The van der Waals surface area contributed by atoms with Crippen LogP contribution in [0.3, 0.4) is 0 Å². The minimum absolute atomic E-state index is 0.101. The Morgan fingerprint density at radius 1 is 1.33 bits per heavy atom. The predicted octanol–water partition coefficient (Wildman–Crippen LogP) is 3.88. The standard InChI is InChI=1S/C15H18ClF3N2/c1-2-3-14(21-8-6-20-7-9-21)12-5-4-11(16)10-13(12)15(17,18)19/h2,4-5,10,14,20H,1,3,6-9H2/t14-/m1/s1. The zero-order valence-corrected chi connectivity index (χ0v) is 12.3.